The van der Waals surface area contributed by atoms with E-state index in [0.29, 0.717) is 30.4 Å². The van der Waals surface area contributed by atoms with Crippen LogP contribution in [0.4, 0.5) is 0 Å². The van der Waals surface area contributed by atoms with E-state index in [-0.39, 0.29) is 5.97 Å². The third-order valence-electron chi connectivity index (χ3n) is 6.13. The lowest BCUT2D eigenvalue weighted by molar-refractivity contribution is 0.0526. The molecule has 5 rings (SSSR count). The highest BCUT2D eigenvalue weighted by molar-refractivity contribution is 5.90. The Bertz CT molecular complexity index is 1550. The van der Waals surface area contributed by atoms with Crippen LogP contribution in [0.5, 0.6) is 5.75 Å². The number of ether oxygens (including phenoxy) is 2. The zero-order valence-corrected chi connectivity index (χ0v) is 21.4. The Morgan fingerprint density at radius 1 is 0.895 bits per heavy atom. The molecule has 38 heavy (non-hydrogen) atoms. The normalized spacial score (nSPS) is 10.8. The molecule has 0 aliphatic rings. The van der Waals surface area contributed by atoms with E-state index in [4.69, 9.17) is 9.47 Å². The second-order valence-corrected chi connectivity index (χ2v) is 8.79. The fourth-order valence-corrected chi connectivity index (χ4v) is 4.42. The van der Waals surface area contributed by atoms with Gasteiger partial charge < -0.3 is 9.47 Å². The Kier molecular flexibility index (Phi) is 7.21. The minimum Gasteiger partial charge on any atom is -0.488 e. The average molecular weight is 506 g/mol. The Morgan fingerprint density at radius 2 is 1.68 bits per heavy atom. The number of hydrogen-bond acceptors (Lipinski definition) is 7. The third-order valence-corrected chi connectivity index (χ3v) is 6.13. The van der Waals surface area contributed by atoms with Crippen LogP contribution in [0, 0.1) is 13.8 Å². The summed E-state index contributed by atoms with van der Waals surface area (Å²) < 4.78 is 11.5. The van der Waals surface area contributed by atoms with Crippen molar-refractivity contribution in [2.24, 2.45) is 0 Å². The van der Waals surface area contributed by atoms with Gasteiger partial charge >= 0.3 is 5.97 Å². The summed E-state index contributed by atoms with van der Waals surface area (Å²) in [6, 6.07) is 25.5. The number of aromatic nitrogens is 5. The topological polar surface area (TPSA) is 103 Å². The summed E-state index contributed by atoms with van der Waals surface area (Å²) >= 11 is 0. The van der Waals surface area contributed by atoms with Crippen LogP contribution in [0.1, 0.15) is 34.2 Å². The molecule has 0 radical (unpaired) electrons. The molecule has 0 unspecified atom stereocenters. The lowest BCUT2D eigenvalue weighted by Crippen LogP contribution is -2.04. The molecule has 0 spiro atoms. The first-order valence-electron chi connectivity index (χ1n) is 12.3. The number of aryl methyl sites for hydroxylation is 2. The van der Waals surface area contributed by atoms with E-state index in [1.807, 2.05) is 62.4 Å². The Morgan fingerprint density at radius 3 is 2.39 bits per heavy atom. The number of pyridine rings is 1. The number of rotatable bonds is 8. The fraction of sp³-hybridized carbons (Fsp3) is 0.167. The summed E-state index contributed by atoms with van der Waals surface area (Å²) in [7, 11) is 0. The molecule has 0 bridgehead atoms. The summed E-state index contributed by atoms with van der Waals surface area (Å²) in [5, 5.41) is 14.7. The summed E-state index contributed by atoms with van der Waals surface area (Å²) in [4.78, 5) is 16.7. The van der Waals surface area contributed by atoms with Gasteiger partial charge in [0.25, 0.3) is 0 Å². The standard InChI is InChI=1S/C30H27N5O3/c1-4-37-30(36)24-13-11-23(12-14-24)28-20(3)31-19(2)16-27(28)38-18-21-10-15-25(22-8-6-5-7-9-22)26(17-21)29-32-34-35-33-29/h5-17H,4,18H2,1-3H3,(H,32,33,34,35). The quantitative estimate of drug-likeness (QED) is 0.259. The van der Waals surface area contributed by atoms with E-state index in [2.05, 4.69) is 43.8 Å². The van der Waals surface area contributed by atoms with Gasteiger partial charge in [-0.25, -0.2) is 4.79 Å². The van der Waals surface area contributed by atoms with Crippen molar-refractivity contribution in [3.63, 3.8) is 0 Å². The van der Waals surface area contributed by atoms with E-state index >= 15 is 0 Å². The number of nitrogens with zero attached hydrogens (tertiary/aromatic N) is 4. The minimum absolute atomic E-state index is 0.330. The number of esters is 1. The molecular weight excluding hydrogens is 478 g/mol. The highest BCUT2D eigenvalue weighted by Gasteiger charge is 2.16. The predicted molar refractivity (Wildman–Crippen MR) is 144 cm³/mol. The van der Waals surface area contributed by atoms with Gasteiger partial charge in [0.1, 0.15) is 12.4 Å². The zero-order chi connectivity index (χ0) is 26.5. The molecule has 8 heteroatoms. The minimum atomic E-state index is -0.342. The van der Waals surface area contributed by atoms with Crippen LogP contribution in [0.2, 0.25) is 0 Å². The van der Waals surface area contributed by atoms with Gasteiger partial charge in [-0.2, -0.15) is 5.21 Å². The first kappa shape index (κ1) is 24.8. The van der Waals surface area contributed by atoms with Crippen LogP contribution in [0.15, 0.2) is 78.9 Å². The van der Waals surface area contributed by atoms with E-state index in [0.717, 1.165) is 44.8 Å². The molecule has 190 valence electrons. The smallest absolute Gasteiger partial charge is 0.338 e. The Hall–Kier alpha value is -4.85. The molecule has 8 nitrogen and oxygen atoms in total. The molecule has 0 amide bonds. The number of nitrogens with one attached hydrogen (secondary N) is 1. The lowest BCUT2D eigenvalue weighted by Gasteiger charge is -2.16. The molecule has 0 atom stereocenters. The van der Waals surface area contributed by atoms with Crippen molar-refractivity contribution in [2.45, 2.75) is 27.4 Å². The molecule has 5 aromatic rings. The SMILES string of the molecule is CCOC(=O)c1ccc(-c2c(OCc3ccc(-c4ccccc4)c(-c4nn[nH]n4)c3)cc(C)nc2C)cc1. The van der Waals surface area contributed by atoms with Crippen molar-refractivity contribution in [3.8, 4) is 39.4 Å². The maximum Gasteiger partial charge on any atom is 0.338 e. The Labute approximate surface area is 220 Å². The van der Waals surface area contributed by atoms with Gasteiger partial charge in [-0.15, -0.1) is 10.2 Å². The molecular formula is C30H27N5O3. The van der Waals surface area contributed by atoms with Gasteiger partial charge in [0, 0.05) is 28.6 Å². The summed E-state index contributed by atoms with van der Waals surface area (Å²) in [6.07, 6.45) is 0. The van der Waals surface area contributed by atoms with Crippen LogP contribution in [-0.2, 0) is 11.3 Å². The number of benzene rings is 3. The van der Waals surface area contributed by atoms with Crippen molar-refractivity contribution in [3.05, 3.63) is 101 Å². The summed E-state index contributed by atoms with van der Waals surface area (Å²) in [5.41, 5.74) is 7.89. The molecule has 0 saturated carbocycles. The van der Waals surface area contributed by atoms with Gasteiger partial charge in [0.05, 0.1) is 12.2 Å². The van der Waals surface area contributed by atoms with Gasteiger partial charge in [-0.1, -0.05) is 54.6 Å². The molecule has 0 fully saturated rings. The fourth-order valence-electron chi connectivity index (χ4n) is 4.42. The van der Waals surface area contributed by atoms with Gasteiger partial charge in [0.2, 0.25) is 5.82 Å². The second kappa shape index (κ2) is 11.0. The van der Waals surface area contributed by atoms with Crippen LogP contribution in [0.25, 0.3) is 33.6 Å². The maximum absolute atomic E-state index is 12.1. The van der Waals surface area contributed by atoms with Crippen LogP contribution in [-0.4, -0.2) is 38.2 Å². The molecule has 0 saturated heterocycles. The second-order valence-electron chi connectivity index (χ2n) is 8.79. The molecule has 1 N–H and O–H groups in total. The van der Waals surface area contributed by atoms with Crippen LogP contribution in [0.3, 0.4) is 0 Å². The van der Waals surface area contributed by atoms with Gasteiger partial charge in [-0.05, 0) is 66.4 Å². The number of aromatic amines is 1. The van der Waals surface area contributed by atoms with Crippen LogP contribution >= 0.6 is 0 Å². The van der Waals surface area contributed by atoms with E-state index < -0.39 is 0 Å². The summed E-state index contributed by atoms with van der Waals surface area (Å²) in [6.45, 7) is 6.35. The number of H-pyrrole nitrogens is 1. The highest BCUT2D eigenvalue weighted by atomic mass is 16.5. The van der Waals surface area contributed by atoms with Crippen molar-refractivity contribution in [2.75, 3.05) is 6.61 Å². The molecule has 0 aliphatic heterocycles. The van der Waals surface area contributed by atoms with Gasteiger partial charge in [0.15, 0.2) is 0 Å². The highest BCUT2D eigenvalue weighted by Crippen LogP contribution is 2.35. The zero-order valence-electron chi connectivity index (χ0n) is 21.4. The lowest BCUT2D eigenvalue weighted by atomic mass is 9.97. The van der Waals surface area contributed by atoms with Crippen molar-refractivity contribution in [1.82, 2.24) is 25.6 Å². The molecule has 2 aromatic heterocycles. The van der Waals surface area contributed by atoms with Crippen molar-refractivity contribution >= 4 is 5.97 Å². The Balaban J connectivity index is 1.46. The molecule has 3 aromatic carbocycles. The van der Waals surface area contributed by atoms with E-state index in [1.165, 1.54) is 0 Å². The van der Waals surface area contributed by atoms with Crippen molar-refractivity contribution in [1.29, 1.82) is 0 Å². The molecule has 0 aliphatic carbocycles. The predicted octanol–water partition coefficient (Wildman–Crippen LogP) is 5.97. The largest absolute Gasteiger partial charge is 0.488 e. The first-order chi connectivity index (χ1) is 18.5. The molecule has 2 heterocycles. The first-order valence-corrected chi connectivity index (χ1v) is 12.3. The number of hydrogen-bond donors (Lipinski definition) is 1. The monoisotopic (exact) mass is 505 g/mol. The third kappa shape index (κ3) is 5.29. The number of carbonyl (C=O) groups is 1. The van der Waals surface area contributed by atoms with E-state index in [1.54, 1.807) is 19.1 Å². The number of tetrazole rings is 1. The van der Waals surface area contributed by atoms with Gasteiger partial charge in [-0.3, -0.25) is 4.98 Å². The number of carbonyl (C=O) groups excluding carboxylic acids is 1. The van der Waals surface area contributed by atoms with Crippen LogP contribution < -0.4 is 4.74 Å². The average Bonchev–Trinajstić information content (AvgIpc) is 3.47. The van der Waals surface area contributed by atoms with Crippen molar-refractivity contribution < 1.29 is 14.3 Å². The van der Waals surface area contributed by atoms with E-state index in [9.17, 15) is 4.79 Å². The summed E-state index contributed by atoms with van der Waals surface area (Å²) in [5.74, 6) is 0.890. The maximum atomic E-state index is 12.1.